The number of furan rings is 1. The summed E-state index contributed by atoms with van der Waals surface area (Å²) in [6.45, 7) is 0. The van der Waals surface area contributed by atoms with E-state index in [2.05, 4.69) is 0 Å². The molecule has 0 fully saturated rings. The van der Waals surface area contributed by atoms with Gasteiger partial charge in [-0.1, -0.05) is 0 Å². The van der Waals surface area contributed by atoms with E-state index in [1.54, 1.807) is 6.07 Å². The van der Waals surface area contributed by atoms with E-state index >= 15 is 0 Å². The second-order valence-electron chi connectivity index (χ2n) is 2.53. The lowest BCUT2D eigenvalue weighted by Crippen LogP contribution is -2.13. The average Bonchev–Trinajstić information content (AvgIpc) is 2.52. The third-order valence-corrected chi connectivity index (χ3v) is 2.34. The highest BCUT2D eigenvalue weighted by molar-refractivity contribution is 7.99. The van der Waals surface area contributed by atoms with Gasteiger partial charge in [-0.15, -0.1) is 11.8 Å². The van der Waals surface area contributed by atoms with Gasteiger partial charge in [0.15, 0.2) is 0 Å². The van der Waals surface area contributed by atoms with Gasteiger partial charge >= 0.3 is 5.97 Å². The summed E-state index contributed by atoms with van der Waals surface area (Å²) >= 11 is 1.28. The van der Waals surface area contributed by atoms with Gasteiger partial charge in [0.1, 0.15) is 5.76 Å². The van der Waals surface area contributed by atoms with Crippen LogP contribution < -0.4 is 5.73 Å². The number of carbonyl (C=O) groups excluding carboxylic acids is 1. The number of hydrogen-bond donors (Lipinski definition) is 2. The van der Waals surface area contributed by atoms with E-state index in [-0.39, 0.29) is 11.5 Å². The van der Waals surface area contributed by atoms with Crippen molar-refractivity contribution in [3.63, 3.8) is 0 Å². The number of rotatable bonds is 5. The molecule has 0 bridgehead atoms. The van der Waals surface area contributed by atoms with Crippen LogP contribution in [-0.4, -0.2) is 22.7 Å². The minimum absolute atomic E-state index is 0.0975. The molecule has 76 valence electrons. The van der Waals surface area contributed by atoms with Gasteiger partial charge in [-0.05, 0) is 12.1 Å². The molecule has 0 unspecified atom stereocenters. The maximum Gasteiger partial charge on any atom is 0.371 e. The fourth-order valence-corrected chi connectivity index (χ4v) is 1.48. The van der Waals surface area contributed by atoms with Gasteiger partial charge in [-0.25, -0.2) is 4.79 Å². The molecule has 14 heavy (non-hydrogen) atoms. The van der Waals surface area contributed by atoms with Crippen LogP contribution in [-0.2, 0) is 10.5 Å². The molecule has 0 spiro atoms. The van der Waals surface area contributed by atoms with Gasteiger partial charge in [-0.2, -0.15) is 0 Å². The lowest BCUT2D eigenvalue weighted by Gasteiger charge is -1.94. The summed E-state index contributed by atoms with van der Waals surface area (Å²) in [5.74, 6) is -0.441. The summed E-state index contributed by atoms with van der Waals surface area (Å²) in [7, 11) is 0. The summed E-state index contributed by atoms with van der Waals surface area (Å²) < 4.78 is 4.95. The molecule has 0 aliphatic rings. The molecule has 0 aromatic carbocycles. The molecule has 5 nitrogen and oxygen atoms in total. The van der Waals surface area contributed by atoms with Crippen molar-refractivity contribution in [2.75, 3.05) is 5.75 Å². The van der Waals surface area contributed by atoms with E-state index in [1.165, 1.54) is 17.8 Å². The van der Waals surface area contributed by atoms with E-state index in [1.807, 2.05) is 0 Å². The first-order valence-corrected chi connectivity index (χ1v) is 4.93. The molecule has 1 aromatic heterocycles. The Labute approximate surface area is 84.3 Å². The lowest BCUT2D eigenvalue weighted by molar-refractivity contribution is -0.115. The monoisotopic (exact) mass is 215 g/mol. The fourth-order valence-electron chi connectivity index (χ4n) is 0.823. The van der Waals surface area contributed by atoms with Crippen molar-refractivity contribution in [3.8, 4) is 0 Å². The Kier molecular flexibility index (Phi) is 3.58. The van der Waals surface area contributed by atoms with Crippen LogP contribution in [0.4, 0.5) is 0 Å². The topological polar surface area (TPSA) is 93.5 Å². The predicted octanol–water partition coefficient (Wildman–Crippen LogP) is 0.696. The van der Waals surface area contributed by atoms with Crippen LogP contribution in [0.5, 0.6) is 0 Å². The van der Waals surface area contributed by atoms with Crippen LogP contribution in [0.1, 0.15) is 16.3 Å². The molecular formula is C8H9NO4S. The smallest absolute Gasteiger partial charge is 0.371 e. The van der Waals surface area contributed by atoms with Gasteiger partial charge in [0.25, 0.3) is 0 Å². The summed E-state index contributed by atoms with van der Waals surface area (Å²) in [6, 6.07) is 2.94. The summed E-state index contributed by atoms with van der Waals surface area (Å²) in [5, 5.41) is 8.54. The molecular weight excluding hydrogens is 206 g/mol. The highest BCUT2D eigenvalue weighted by Crippen LogP contribution is 2.14. The molecule has 0 radical (unpaired) electrons. The number of amides is 1. The molecule has 6 heteroatoms. The number of primary amides is 1. The van der Waals surface area contributed by atoms with Crippen molar-refractivity contribution >= 4 is 23.6 Å². The fraction of sp³-hybridized carbons (Fsp3) is 0.250. The van der Waals surface area contributed by atoms with Crippen molar-refractivity contribution in [1.29, 1.82) is 0 Å². The Bertz CT molecular complexity index is 347. The molecule has 0 aliphatic heterocycles. The van der Waals surface area contributed by atoms with Crippen molar-refractivity contribution in [3.05, 3.63) is 23.7 Å². The maximum atomic E-state index is 10.4. The van der Waals surface area contributed by atoms with Crippen LogP contribution in [0.2, 0.25) is 0 Å². The Morgan fingerprint density at radius 2 is 2.21 bits per heavy atom. The quantitative estimate of drug-likeness (QED) is 0.753. The van der Waals surface area contributed by atoms with Crippen molar-refractivity contribution < 1.29 is 19.1 Å². The molecule has 1 rings (SSSR count). The Morgan fingerprint density at radius 1 is 1.50 bits per heavy atom. The molecule has 1 heterocycles. The normalized spacial score (nSPS) is 10.0. The van der Waals surface area contributed by atoms with Crippen LogP contribution in [0.3, 0.4) is 0 Å². The van der Waals surface area contributed by atoms with Crippen LogP contribution in [0, 0.1) is 0 Å². The number of nitrogens with two attached hydrogens (primary N) is 1. The third-order valence-electron chi connectivity index (χ3n) is 1.36. The zero-order chi connectivity index (χ0) is 10.6. The minimum atomic E-state index is -1.10. The highest BCUT2D eigenvalue weighted by Gasteiger charge is 2.08. The van der Waals surface area contributed by atoms with E-state index in [4.69, 9.17) is 15.3 Å². The number of thioether (sulfide) groups is 1. The number of carboxylic acid groups (broad SMARTS) is 1. The van der Waals surface area contributed by atoms with E-state index in [0.29, 0.717) is 11.5 Å². The van der Waals surface area contributed by atoms with Gasteiger partial charge in [-0.3, -0.25) is 4.79 Å². The first-order valence-electron chi connectivity index (χ1n) is 3.77. The summed E-state index contributed by atoms with van der Waals surface area (Å²) in [5.41, 5.74) is 4.93. The number of hydrogen-bond acceptors (Lipinski definition) is 4. The second-order valence-corrected chi connectivity index (χ2v) is 3.52. The molecule has 1 amide bonds. The third kappa shape index (κ3) is 3.14. The first-order chi connectivity index (χ1) is 6.59. The molecule has 3 N–H and O–H groups in total. The molecule has 0 atom stereocenters. The maximum absolute atomic E-state index is 10.4. The Hall–Kier alpha value is -1.43. The second kappa shape index (κ2) is 4.71. The van der Waals surface area contributed by atoms with Gasteiger partial charge in [0.05, 0.1) is 11.5 Å². The van der Waals surface area contributed by atoms with Crippen LogP contribution in [0.15, 0.2) is 16.5 Å². The first kappa shape index (κ1) is 10.6. The van der Waals surface area contributed by atoms with E-state index in [9.17, 15) is 9.59 Å². The SMILES string of the molecule is NC(=O)CSCc1ccc(C(=O)O)o1. The van der Waals surface area contributed by atoms with Gasteiger partial charge in [0, 0.05) is 0 Å². The van der Waals surface area contributed by atoms with Crippen molar-refractivity contribution in [2.45, 2.75) is 5.75 Å². The predicted molar refractivity (Wildman–Crippen MR) is 51.0 cm³/mol. The van der Waals surface area contributed by atoms with Gasteiger partial charge in [0.2, 0.25) is 11.7 Å². The van der Waals surface area contributed by atoms with Crippen LogP contribution >= 0.6 is 11.8 Å². The average molecular weight is 215 g/mol. The minimum Gasteiger partial charge on any atom is -0.475 e. The van der Waals surface area contributed by atoms with Crippen molar-refractivity contribution in [1.82, 2.24) is 0 Å². The number of carboxylic acids is 1. The zero-order valence-electron chi connectivity index (χ0n) is 7.23. The van der Waals surface area contributed by atoms with E-state index < -0.39 is 11.9 Å². The Balaban J connectivity index is 2.44. The lowest BCUT2D eigenvalue weighted by atomic mass is 10.4. The molecule has 0 saturated carbocycles. The zero-order valence-corrected chi connectivity index (χ0v) is 8.04. The largest absolute Gasteiger partial charge is 0.475 e. The molecule has 0 saturated heterocycles. The molecule has 1 aromatic rings. The summed E-state index contributed by atoms with van der Waals surface area (Å²) in [6.07, 6.45) is 0. The number of carbonyl (C=O) groups is 2. The summed E-state index contributed by atoms with van der Waals surface area (Å²) in [4.78, 5) is 20.8. The van der Waals surface area contributed by atoms with Crippen molar-refractivity contribution in [2.24, 2.45) is 5.73 Å². The molecule has 0 aliphatic carbocycles. The standard InChI is InChI=1S/C8H9NO4S/c9-7(10)4-14-3-5-1-2-6(13-5)8(11)12/h1-2H,3-4H2,(H2,9,10)(H,11,12). The highest BCUT2D eigenvalue weighted by atomic mass is 32.2. The van der Waals surface area contributed by atoms with Crippen LogP contribution in [0.25, 0.3) is 0 Å². The Morgan fingerprint density at radius 3 is 2.71 bits per heavy atom. The number of aromatic carboxylic acids is 1. The van der Waals surface area contributed by atoms with Gasteiger partial charge < -0.3 is 15.3 Å². The van der Waals surface area contributed by atoms with E-state index in [0.717, 1.165) is 0 Å².